The van der Waals surface area contributed by atoms with Gasteiger partial charge in [0, 0.05) is 11.6 Å². The van der Waals surface area contributed by atoms with Gasteiger partial charge in [0.2, 0.25) is 0 Å². The molecule has 0 bridgehead atoms. The van der Waals surface area contributed by atoms with Crippen molar-refractivity contribution in [1.82, 2.24) is 9.78 Å². The van der Waals surface area contributed by atoms with Crippen LogP contribution in [0.3, 0.4) is 0 Å². The topological polar surface area (TPSA) is 56.1 Å². The minimum Gasteiger partial charge on any atom is -0.483 e. The number of ether oxygens (including phenoxy) is 1. The van der Waals surface area contributed by atoms with E-state index < -0.39 is 0 Å². The Morgan fingerprint density at radius 1 is 0.933 bits per heavy atom. The maximum absolute atomic E-state index is 12.6. The lowest BCUT2D eigenvalue weighted by molar-refractivity contribution is -0.118. The van der Waals surface area contributed by atoms with Crippen LogP contribution in [0.5, 0.6) is 5.75 Å². The number of aryl methyl sites for hydroxylation is 2. The summed E-state index contributed by atoms with van der Waals surface area (Å²) in [6, 6.07) is 27.4. The molecule has 1 heterocycles. The van der Waals surface area contributed by atoms with Gasteiger partial charge in [-0.2, -0.15) is 5.10 Å². The second-order valence-electron chi connectivity index (χ2n) is 7.13. The molecule has 30 heavy (non-hydrogen) atoms. The van der Waals surface area contributed by atoms with E-state index in [0.717, 1.165) is 28.1 Å². The van der Waals surface area contributed by atoms with E-state index in [2.05, 4.69) is 11.4 Å². The Bertz CT molecular complexity index is 1170. The number of hydrogen-bond donors (Lipinski definition) is 1. The number of para-hydroxylation sites is 2. The van der Waals surface area contributed by atoms with Crippen LogP contribution in [0.2, 0.25) is 0 Å². The third kappa shape index (κ3) is 4.41. The third-order valence-electron chi connectivity index (χ3n) is 4.74. The first kappa shape index (κ1) is 19.5. The zero-order valence-electron chi connectivity index (χ0n) is 17.0. The first-order chi connectivity index (χ1) is 14.6. The van der Waals surface area contributed by atoms with Gasteiger partial charge in [-0.3, -0.25) is 4.79 Å². The summed E-state index contributed by atoms with van der Waals surface area (Å²) < 4.78 is 7.42. The molecule has 0 saturated carbocycles. The van der Waals surface area contributed by atoms with Gasteiger partial charge in [-0.25, -0.2) is 4.68 Å². The standard InChI is InChI=1S/C25H23N3O2/c1-18-9-8-11-20(15-18)22-16-24(28(27-22)21-12-4-3-5-13-21)26-25(29)17-30-23-14-7-6-10-19(23)2/h3-16H,17H2,1-2H3,(H,26,29). The van der Waals surface area contributed by atoms with Gasteiger partial charge in [0.1, 0.15) is 11.6 Å². The van der Waals surface area contributed by atoms with Gasteiger partial charge < -0.3 is 10.1 Å². The Kier molecular flexibility index (Phi) is 5.61. The van der Waals surface area contributed by atoms with Crippen molar-refractivity contribution >= 4 is 11.7 Å². The Morgan fingerprint density at radius 3 is 2.47 bits per heavy atom. The van der Waals surface area contributed by atoms with E-state index in [4.69, 9.17) is 9.84 Å². The van der Waals surface area contributed by atoms with Crippen molar-refractivity contribution in [1.29, 1.82) is 0 Å². The largest absolute Gasteiger partial charge is 0.483 e. The van der Waals surface area contributed by atoms with Crippen LogP contribution in [0.4, 0.5) is 5.82 Å². The van der Waals surface area contributed by atoms with Gasteiger partial charge in [-0.05, 0) is 43.7 Å². The van der Waals surface area contributed by atoms with E-state index in [1.807, 2.05) is 92.7 Å². The molecule has 0 aliphatic rings. The molecule has 1 N–H and O–H groups in total. The third-order valence-corrected chi connectivity index (χ3v) is 4.74. The van der Waals surface area contributed by atoms with E-state index >= 15 is 0 Å². The minimum atomic E-state index is -0.244. The molecule has 4 rings (SSSR count). The lowest BCUT2D eigenvalue weighted by Crippen LogP contribution is -2.22. The molecule has 0 spiro atoms. The highest BCUT2D eigenvalue weighted by Gasteiger charge is 2.14. The highest BCUT2D eigenvalue weighted by atomic mass is 16.5. The van der Waals surface area contributed by atoms with E-state index in [0.29, 0.717) is 11.6 Å². The lowest BCUT2D eigenvalue weighted by atomic mass is 10.1. The first-order valence-electron chi connectivity index (χ1n) is 9.81. The van der Waals surface area contributed by atoms with Crippen molar-refractivity contribution in [2.24, 2.45) is 0 Å². The number of anilines is 1. The van der Waals surface area contributed by atoms with Crippen LogP contribution in [0.15, 0.2) is 84.9 Å². The van der Waals surface area contributed by atoms with E-state index in [1.54, 1.807) is 4.68 Å². The van der Waals surface area contributed by atoms with Crippen LogP contribution in [0, 0.1) is 13.8 Å². The molecule has 5 heteroatoms. The molecule has 5 nitrogen and oxygen atoms in total. The highest BCUT2D eigenvalue weighted by molar-refractivity contribution is 5.92. The van der Waals surface area contributed by atoms with Crippen molar-refractivity contribution in [2.45, 2.75) is 13.8 Å². The lowest BCUT2D eigenvalue weighted by Gasteiger charge is -2.11. The zero-order chi connectivity index (χ0) is 20.9. The van der Waals surface area contributed by atoms with Gasteiger partial charge in [0.25, 0.3) is 5.91 Å². The number of amides is 1. The maximum Gasteiger partial charge on any atom is 0.263 e. The summed E-state index contributed by atoms with van der Waals surface area (Å²) in [5, 5.41) is 7.68. The monoisotopic (exact) mass is 397 g/mol. The molecule has 0 aliphatic carbocycles. The van der Waals surface area contributed by atoms with Crippen molar-refractivity contribution in [3.63, 3.8) is 0 Å². The summed E-state index contributed by atoms with van der Waals surface area (Å²) in [5.74, 6) is 1.05. The molecule has 0 fully saturated rings. The molecule has 0 atom stereocenters. The average Bonchev–Trinajstić information content (AvgIpc) is 3.17. The highest BCUT2D eigenvalue weighted by Crippen LogP contribution is 2.25. The summed E-state index contributed by atoms with van der Waals surface area (Å²) in [4.78, 5) is 12.6. The molecule has 1 amide bonds. The molecule has 1 aromatic heterocycles. The molecule has 0 radical (unpaired) electrons. The van der Waals surface area contributed by atoms with Crippen molar-refractivity contribution in [2.75, 3.05) is 11.9 Å². The molecule has 4 aromatic rings. The number of benzene rings is 3. The molecular weight excluding hydrogens is 374 g/mol. The second kappa shape index (κ2) is 8.66. The normalized spacial score (nSPS) is 10.6. The second-order valence-corrected chi connectivity index (χ2v) is 7.13. The Balaban J connectivity index is 1.59. The smallest absolute Gasteiger partial charge is 0.263 e. The van der Waals surface area contributed by atoms with Crippen LogP contribution in [0.25, 0.3) is 16.9 Å². The van der Waals surface area contributed by atoms with Crippen LogP contribution in [-0.4, -0.2) is 22.3 Å². The molecule has 0 unspecified atom stereocenters. The number of carbonyl (C=O) groups is 1. The van der Waals surface area contributed by atoms with E-state index in [1.165, 1.54) is 0 Å². The van der Waals surface area contributed by atoms with Gasteiger partial charge in [-0.1, -0.05) is 60.2 Å². The molecular formula is C25H23N3O2. The first-order valence-corrected chi connectivity index (χ1v) is 9.81. The Hall–Kier alpha value is -3.86. The molecule has 150 valence electrons. The molecule has 0 aliphatic heterocycles. The summed E-state index contributed by atoms with van der Waals surface area (Å²) in [6.45, 7) is 3.92. The van der Waals surface area contributed by atoms with Crippen LogP contribution >= 0.6 is 0 Å². The number of hydrogen-bond acceptors (Lipinski definition) is 3. The fourth-order valence-corrected chi connectivity index (χ4v) is 3.22. The summed E-state index contributed by atoms with van der Waals surface area (Å²) in [5.41, 5.74) is 4.79. The number of nitrogens with zero attached hydrogens (tertiary/aromatic N) is 2. The van der Waals surface area contributed by atoms with Crippen molar-refractivity contribution < 1.29 is 9.53 Å². The van der Waals surface area contributed by atoms with Crippen LogP contribution < -0.4 is 10.1 Å². The number of aromatic nitrogens is 2. The fourth-order valence-electron chi connectivity index (χ4n) is 3.22. The van der Waals surface area contributed by atoms with Gasteiger partial charge in [-0.15, -0.1) is 0 Å². The number of nitrogens with one attached hydrogen (secondary N) is 1. The van der Waals surface area contributed by atoms with E-state index in [-0.39, 0.29) is 12.5 Å². The van der Waals surface area contributed by atoms with Gasteiger partial charge >= 0.3 is 0 Å². The number of rotatable bonds is 6. The predicted octanol–water partition coefficient (Wildman–Crippen LogP) is 5.17. The number of carbonyl (C=O) groups excluding carboxylic acids is 1. The Morgan fingerprint density at radius 2 is 1.70 bits per heavy atom. The predicted molar refractivity (Wildman–Crippen MR) is 119 cm³/mol. The van der Waals surface area contributed by atoms with Crippen LogP contribution in [0.1, 0.15) is 11.1 Å². The average molecular weight is 397 g/mol. The van der Waals surface area contributed by atoms with Gasteiger partial charge in [0.15, 0.2) is 6.61 Å². The molecule has 3 aromatic carbocycles. The van der Waals surface area contributed by atoms with Crippen LogP contribution in [-0.2, 0) is 4.79 Å². The zero-order valence-corrected chi connectivity index (χ0v) is 17.0. The summed E-state index contributed by atoms with van der Waals surface area (Å²) in [7, 11) is 0. The quantitative estimate of drug-likeness (QED) is 0.488. The van der Waals surface area contributed by atoms with Crippen molar-refractivity contribution in [3.8, 4) is 22.7 Å². The SMILES string of the molecule is Cc1cccc(-c2cc(NC(=O)COc3ccccc3C)n(-c3ccccc3)n2)c1. The fraction of sp³-hybridized carbons (Fsp3) is 0.120. The van der Waals surface area contributed by atoms with E-state index in [9.17, 15) is 4.79 Å². The van der Waals surface area contributed by atoms with Crippen molar-refractivity contribution in [3.05, 3.63) is 96.1 Å². The minimum absolute atomic E-state index is 0.0788. The van der Waals surface area contributed by atoms with Gasteiger partial charge in [0.05, 0.1) is 11.4 Å². The maximum atomic E-state index is 12.6. The molecule has 0 saturated heterocycles. The summed E-state index contributed by atoms with van der Waals surface area (Å²) >= 11 is 0. The summed E-state index contributed by atoms with van der Waals surface area (Å²) in [6.07, 6.45) is 0. The Labute approximate surface area is 175 Å².